The maximum absolute atomic E-state index is 5.40. The second-order valence-electron chi connectivity index (χ2n) is 4.29. The zero-order valence-electron chi connectivity index (χ0n) is 8.67. The van der Waals surface area contributed by atoms with Crippen LogP contribution in [0.25, 0.3) is 0 Å². The largest absolute Gasteiger partial charge is 0.381 e. The maximum atomic E-state index is 5.40. The van der Waals surface area contributed by atoms with Crippen molar-refractivity contribution in [2.75, 3.05) is 19.8 Å². The first-order valence-corrected chi connectivity index (χ1v) is 5.75. The molecule has 2 heteroatoms. The molecule has 0 aromatic carbocycles. The number of nitrogens with zero attached hydrogens (tertiary/aromatic N) is 1. The van der Waals surface area contributed by atoms with Gasteiger partial charge in [0, 0.05) is 25.3 Å². The summed E-state index contributed by atoms with van der Waals surface area (Å²) in [6, 6.07) is 1.71. The smallest absolute Gasteiger partial charge is 0.0480 e. The van der Waals surface area contributed by atoms with Gasteiger partial charge in [-0.2, -0.15) is 0 Å². The highest BCUT2D eigenvalue weighted by atomic mass is 16.5. The molecule has 13 heavy (non-hydrogen) atoms. The van der Waals surface area contributed by atoms with Crippen LogP contribution in [0, 0.1) is 0 Å². The van der Waals surface area contributed by atoms with Gasteiger partial charge in [-0.3, -0.25) is 4.90 Å². The molecule has 0 radical (unpaired) electrons. The Morgan fingerprint density at radius 1 is 1.23 bits per heavy atom. The molecule has 2 saturated heterocycles. The lowest BCUT2D eigenvalue weighted by Gasteiger charge is -2.35. The lowest BCUT2D eigenvalue weighted by Crippen LogP contribution is -2.42. The van der Waals surface area contributed by atoms with Gasteiger partial charge < -0.3 is 4.74 Å². The fraction of sp³-hybridized carbons (Fsp3) is 1.00. The van der Waals surface area contributed by atoms with Crippen molar-refractivity contribution in [1.82, 2.24) is 4.90 Å². The van der Waals surface area contributed by atoms with E-state index in [9.17, 15) is 0 Å². The summed E-state index contributed by atoms with van der Waals surface area (Å²) >= 11 is 0. The van der Waals surface area contributed by atoms with E-state index in [4.69, 9.17) is 4.74 Å². The van der Waals surface area contributed by atoms with Crippen LogP contribution >= 0.6 is 0 Å². The Labute approximate surface area is 81.3 Å². The molecule has 2 rings (SSSR count). The van der Waals surface area contributed by atoms with Crippen molar-refractivity contribution in [2.45, 2.75) is 51.1 Å². The van der Waals surface area contributed by atoms with Crippen molar-refractivity contribution in [2.24, 2.45) is 0 Å². The highest BCUT2D eigenvalue weighted by Crippen LogP contribution is 2.26. The van der Waals surface area contributed by atoms with E-state index in [1.807, 2.05) is 0 Å². The molecular weight excluding hydrogens is 162 g/mol. The maximum Gasteiger partial charge on any atom is 0.0480 e. The molecule has 2 aliphatic rings. The van der Waals surface area contributed by atoms with E-state index in [-0.39, 0.29) is 0 Å². The zero-order valence-corrected chi connectivity index (χ0v) is 8.67. The summed E-state index contributed by atoms with van der Waals surface area (Å²) < 4.78 is 5.40. The minimum Gasteiger partial charge on any atom is -0.381 e. The second-order valence-corrected chi connectivity index (χ2v) is 4.29. The number of ether oxygens (including phenoxy) is 1. The van der Waals surface area contributed by atoms with Gasteiger partial charge in [0.25, 0.3) is 0 Å². The van der Waals surface area contributed by atoms with Gasteiger partial charge in [0.15, 0.2) is 0 Å². The normalized spacial score (nSPS) is 32.5. The average molecular weight is 183 g/mol. The van der Waals surface area contributed by atoms with Crippen LogP contribution < -0.4 is 0 Å². The van der Waals surface area contributed by atoms with Crippen LogP contribution in [0.3, 0.4) is 0 Å². The third-order valence-electron chi connectivity index (χ3n) is 3.55. The van der Waals surface area contributed by atoms with E-state index < -0.39 is 0 Å². The molecule has 2 nitrogen and oxygen atoms in total. The molecule has 0 aromatic rings. The SMILES string of the molecule is CC[C@@H]1CCCN1C1CCOCC1. The predicted octanol–water partition coefficient (Wildman–Crippen LogP) is 2.04. The Hall–Kier alpha value is -0.0800. The highest BCUT2D eigenvalue weighted by Gasteiger charge is 2.30. The lowest BCUT2D eigenvalue weighted by atomic mass is 10.1. The van der Waals surface area contributed by atoms with Gasteiger partial charge in [0.2, 0.25) is 0 Å². The van der Waals surface area contributed by atoms with Crippen molar-refractivity contribution in [3.05, 3.63) is 0 Å². The topological polar surface area (TPSA) is 12.5 Å². The summed E-state index contributed by atoms with van der Waals surface area (Å²) in [7, 11) is 0. The summed E-state index contributed by atoms with van der Waals surface area (Å²) in [5.74, 6) is 0. The number of likely N-dealkylation sites (tertiary alicyclic amines) is 1. The van der Waals surface area contributed by atoms with Crippen LogP contribution in [-0.4, -0.2) is 36.7 Å². The van der Waals surface area contributed by atoms with Gasteiger partial charge in [0.1, 0.15) is 0 Å². The molecule has 2 fully saturated rings. The van der Waals surface area contributed by atoms with Gasteiger partial charge in [-0.1, -0.05) is 6.92 Å². The van der Waals surface area contributed by atoms with Crippen molar-refractivity contribution in [3.8, 4) is 0 Å². The summed E-state index contributed by atoms with van der Waals surface area (Å²) in [6.45, 7) is 5.63. The highest BCUT2D eigenvalue weighted by molar-refractivity contribution is 4.85. The fourth-order valence-electron chi connectivity index (χ4n) is 2.79. The molecule has 0 amide bonds. The van der Waals surface area contributed by atoms with Crippen LogP contribution in [-0.2, 0) is 4.74 Å². The molecule has 2 aliphatic heterocycles. The van der Waals surface area contributed by atoms with Gasteiger partial charge in [-0.15, -0.1) is 0 Å². The number of hydrogen-bond acceptors (Lipinski definition) is 2. The number of rotatable bonds is 2. The summed E-state index contributed by atoms with van der Waals surface area (Å²) in [4.78, 5) is 2.74. The Kier molecular flexibility index (Phi) is 3.23. The average Bonchev–Trinajstić information content (AvgIpc) is 2.67. The first kappa shape index (κ1) is 9.47. The zero-order chi connectivity index (χ0) is 9.10. The Balaban J connectivity index is 1.90. The van der Waals surface area contributed by atoms with Crippen LogP contribution in [0.2, 0.25) is 0 Å². The molecule has 0 aliphatic carbocycles. The van der Waals surface area contributed by atoms with Crippen LogP contribution in [0.4, 0.5) is 0 Å². The van der Waals surface area contributed by atoms with Crippen molar-refractivity contribution < 1.29 is 4.74 Å². The van der Waals surface area contributed by atoms with Crippen molar-refractivity contribution >= 4 is 0 Å². The van der Waals surface area contributed by atoms with E-state index in [1.54, 1.807) is 0 Å². The third kappa shape index (κ3) is 2.05. The summed E-state index contributed by atoms with van der Waals surface area (Å²) in [5, 5.41) is 0. The minimum atomic E-state index is 0.834. The fourth-order valence-corrected chi connectivity index (χ4v) is 2.79. The molecule has 0 aromatic heterocycles. The van der Waals surface area contributed by atoms with Gasteiger partial charge in [-0.05, 0) is 38.6 Å². The van der Waals surface area contributed by atoms with Crippen molar-refractivity contribution in [3.63, 3.8) is 0 Å². The lowest BCUT2D eigenvalue weighted by molar-refractivity contribution is 0.0288. The molecule has 1 atom stereocenters. The third-order valence-corrected chi connectivity index (χ3v) is 3.55. The van der Waals surface area contributed by atoms with Crippen molar-refractivity contribution in [1.29, 1.82) is 0 Å². The first-order valence-electron chi connectivity index (χ1n) is 5.75. The van der Waals surface area contributed by atoms with E-state index in [1.165, 1.54) is 38.6 Å². The minimum absolute atomic E-state index is 0.834. The molecule has 0 saturated carbocycles. The Morgan fingerprint density at radius 2 is 2.00 bits per heavy atom. The van der Waals surface area contributed by atoms with E-state index in [0.29, 0.717) is 0 Å². The Morgan fingerprint density at radius 3 is 2.69 bits per heavy atom. The molecule has 76 valence electrons. The van der Waals surface area contributed by atoms with Gasteiger partial charge in [-0.25, -0.2) is 0 Å². The molecule has 0 bridgehead atoms. The molecular formula is C11H21NO. The predicted molar refractivity (Wildman–Crippen MR) is 53.9 cm³/mol. The van der Waals surface area contributed by atoms with E-state index in [2.05, 4.69) is 11.8 Å². The van der Waals surface area contributed by atoms with Crippen LogP contribution in [0.15, 0.2) is 0 Å². The van der Waals surface area contributed by atoms with E-state index >= 15 is 0 Å². The second kappa shape index (κ2) is 4.43. The molecule has 0 unspecified atom stereocenters. The standard InChI is InChI=1S/C11H21NO/c1-2-10-4-3-7-12(10)11-5-8-13-9-6-11/h10-11H,2-9H2,1H3/t10-/m1/s1. The van der Waals surface area contributed by atoms with E-state index in [0.717, 1.165) is 25.3 Å². The number of hydrogen-bond donors (Lipinski definition) is 0. The van der Waals surface area contributed by atoms with Gasteiger partial charge >= 0.3 is 0 Å². The molecule has 2 heterocycles. The quantitative estimate of drug-likeness (QED) is 0.649. The first-order chi connectivity index (χ1) is 6.42. The van der Waals surface area contributed by atoms with Crippen LogP contribution in [0.5, 0.6) is 0 Å². The Bertz CT molecular complexity index is 154. The summed E-state index contributed by atoms with van der Waals surface area (Å²) in [5.41, 5.74) is 0. The van der Waals surface area contributed by atoms with Gasteiger partial charge in [0.05, 0.1) is 0 Å². The molecule has 0 N–H and O–H groups in total. The monoisotopic (exact) mass is 183 g/mol. The summed E-state index contributed by atoms with van der Waals surface area (Å²) in [6.07, 6.45) is 6.69. The molecule has 0 spiro atoms. The van der Waals surface area contributed by atoms with Crippen LogP contribution in [0.1, 0.15) is 39.0 Å².